The third kappa shape index (κ3) is 3.67. The molecular formula is C17H18FNO. The summed E-state index contributed by atoms with van der Waals surface area (Å²) >= 11 is 0. The number of amides is 1. The van der Waals surface area contributed by atoms with Gasteiger partial charge in [0.15, 0.2) is 0 Å². The lowest BCUT2D eigenvalue weighted by atomic mass is 10.1. The molecule has 3 heteroatoms. The molecule has 2 aromatic rings. The minimum absolute atomic E-state index is 0.0504. The van der Waals surface area contributed by atoms with E-state index in [1.807, 2.05) is 37.3 Å². The van der Waals surface area contributed by atoms with Crippen molar-refractivity contribution in [3.8, 4) is 0 Å². The van der Waals surface area contributed by atoms with Gasteiger partial charge in [-0.15, -0.1) is 0 Å². The normalized spacial score (nSPS) is 11.9. The van der Waals surface area contributed by atoms with Gasteiger partial charge in [0.05, 0.1) is 5.56 Å². The van der Waals surface area contributed by atoms with Crippen LogP contribution in [0.3, 0.4) is 0 Å². The molecule has 0 aliphatic rings. The molecule has 1 amide bonds. The molecule has 20 heavy (non-hydrogen) atoms. The number of benzene rings is 2. The average Bonchev–Trinajstić information content (AvgIpc) is 2.39. The van der Waals surface area contributed by atoms with Crippen LogP contribution in [0.1, 0.15) is 28.4 Å². The quantitative estimate of drug-likeness (QED) is 0.906. The fraction of sp³-hybridized carbons (Fsp3) is 0.235. The first-order valence-corrected chi connectivity index (χ1v) is 6.67. The van der Waals surface area contributed by atoms with E-state index in [1.165, 1.54) is 12.1 Å². The second kappa shape index (κ2) is 6.33. The van der Waals surface area contributed by atoms with Crippen molar-refractivity contribution in [2.24, 2.45) is 0 Å². The lowest BCUT2D eigenvalue weighted by molar-refractivity contribution is 0.0936. The SMILES string of the molecule is Cc1ccc(C(=O)NC(C)Cc2ccccc2)c(F)c1. The van der Waals surface area contributed by atoms with Gasteiger partial charge in [-0.3, -0.25) is 4.79 Å². The van der Waals surface area contributed by atoms with Gasteiger partial charge < -0.3 is 5.32 Å². The summed E-state index contributed by atoms with van der Waals surface area (Å²) in [5.41, 5.74) is 2.04. The Morgan fingerprint density at radius 2 is 1.90 bits per heavy atom. The van der Waals surface area contributed by atoms with Crippen LogP contribution in [0.4, 0.5) is 4.39 Å². The maximum atomic E-state index is 13.7. The Hall–Kier alpha value is -2.16. The summed E-state index contributed by atoms with van der Waals surface area (Å²) in [5.74, 6) is -0.847. The maximum Gasteiger partial charge on any atom is 0.254 e. The van der Waals surface area contributed by atoms with Gasteiger partial charge in [0, 0.05) is 6.04 Å². The lowest BCUT2D eigenvalue weighted by Crippen LogP contribution is -2.34. The van der Waals surface area contributed by atoms with Crippen LogP contribution < -0.4 is 5.32 Å². The van der Waals surface area contributed by atoms with Gasteiger partial charge in [0.25, 0.3) is 5.91 Å². The Morgan fingerprint density at radius 3 is 2.55 bits per heavy atom. The van der Waals surface area contributed by atoms with E-state index in [0.717, 1.165) is 17.5 Å². The second-order valence-corrected chi connectivity index (χ2v) is 5.05. The lowest BCUT2D eigenvalue weighted by Gasteiger charge is -2.14. The largest absolute Gasteiger partial charge is 0.349 e. The van der Waals surface area contributed by atoms with Crippen LogP contribution >= 0.6 is 0 Å². The summed E-state index contributed by atoms with van der Waals surface area (Å²) in [4.78, 5) is 12.0. The van der Waals surface area contributed by atoms with Gasteiger partial charge in [-0.2, -0.15) is 0 Å². The van der Waals surface area contributed by atoms with Gasteiger partial charge in [-0.1, -0.05) is 36.4 Å². The second-order valence-electron chi connectivity index (χ2n) is 5.05. The highest BCUT2D eigenvalue weighted by atomic mass is 19.1. The Kier molecular flexibility index (Phi) is 4.51. The van der Waals surface area contributed by atoms with Crippen LogP contribution in [-0.4, -0.2) is 11.9 Å². The number of halogens is 1. The van der Waals surface area contributed by atoms with Crippen molar-refractivity contribution in [1.82, 2.24) is 5.32 Å². The summed E-state index contributed by atoms with van der Waals surface area (Å²) in [6.07, 6.45) is 0.722. The first kappa shape index (κ1) is 14.3. The molecule has 0 spiro atoms. The number of carbonyl (C=O) groups excluding carboxylic acids is 1. The molecule has 104 valence electrons. The molecule has 0 aliphatic heterocycles. The van der Waals surface area contributed by atoms with Crippen molar-refractivity contribution in [1.29, 1.82) is 0 Å². The Morgan fingerprint density at radius 1 is 1.20 bits per heavy atom. The highest BCUT2D eigenvalue weighted by molar-refractivity contribution is 5.94. The van der Waals surface area contributed by atoms with Crippen molar-refractivity contribution in [2.75, 3.05) is 0 Å². The number of nitrogens with one attached hydrogen (secondary N) is 1. The summed E-state index contributed by atoms with van der Waals surface area (Å²) in [7, 11) is 0. The van der Waals surface area contributed by atoms with E-state index in [0.29, 0.717) is 0 Å². The Balaban J connectivity index is 2.00. The zero-order valence-corrected chi connectivity index (χ0v) is 11.7. The van der Waals surface area contributed by atoms with Gasteiger partial charge in [0.1, 0.15) is 5.82 Å². The number of carbonyl (C=O) groups is 1. The van der Waals surface area contributed by atoms with Gasteiger partial charge in [-0.25, -0.2) is 4.39 Å². The Labute approximate surface area is 118 Å². The number of rotatable bonds is 4. The number of hydrogen-bond acceptors (Lipinski definition) is 1. The maximum absolute atomic E-state index is 13.7. The highest BCUT2D eigenvalue weighted by Crippen LogP contribution is 2.10. The van der Waals surface area contributed by atoms with E-state index in [1.54, 1.807) is 13.0 Å². The molecule has 2 rings (SSSR count). The average molecular weight is 271 g/mol. The van der Waals surface area contributed by atoms with E-state index in [4.69, 9.17) is 0 Å². The fourth-order valence-electron chi connectivity index (χ4n) is 2.12. The molecule has 0 heterocycles. The first-order valence-electron chi connectivity index (χ1n) is 6.67. The predicted molar refractivity (Wildman–Crippen MR) is 78.2 cm³/mol. The van der Waals surface area contributed by atoms with Crippen LogP contribution in [0.15, 0.2) is 48.5 Å². The zero-order chi connectivity index (χ0) is 14.5. The zero-order valence-electron chi connectivity index (χ0n) is 11.7. The predicted octanol–water partition coefficient (Wildman–Crippen LogP) is 3.50. The monoisotopic (exact) mass is 271 g/mol. The molecule has 1 atom stereocenters. The molecule has 0 bridgehead atoms. The molecule has 1 unspecified atom stereocenters. The van der Waals surface area contributed by atoms with Crippen LogP contribution in [-0.2, 0) is 6.42 Å². The summed E-state index contributed by atoms with van der Waals surface area (Å²) in [6.45, 7) is 3.71. The van der Waals surface area contributed by atoms with E-state index >= 15 is 0 Å². The molecule has 0 fully saturated rings. The van der Waals surface area contributed by atoms with Crippen LogP contribution in [0, 0.1) is 12.7 Å². The topological polar surface area (TPSA) is 29.1 Å². The molecule has 0 aromatic heterocycles. The smallest absolute Gasteiger partial charge is 0.254 e. The van der Waals surface area contributed by atoms with E-state index < -0.39 is 5.82 Å². The third-order valence-electron chi connectivity index (χ3n) is 3.13. The highest BCUT2D eigenvalue weighted by Gasteiger charge is 2.14. The van der Waals surface area contributed by atoms with E-state index in [-0.39, 0.29) is 17.5 Å². The fourth-order valence-corrected chi connectivity index (χ4v) is 2.12. The van der Waals surface area contributed by atoms with Crippen molar-refractivity contribution in [2.45, 2.75) is 26.3 Å². The molecule has 2 nitrogen and oxygen atoms in total. The van der Waals surface area contributed by atoms with Gasteiger partial charge >= 0.3 is 0 Å². The Bertz CT molecular complexity index is 595. The molecule has 0 saturated heterocycles. The van der Waals surface area contributed by atoms with Gasteiger partial charge in [-0.05, 0) is 43.5 Å². The van der Waals surface area contributed by atoms with Crippen LogP contribution in [0.2, 0.25) is 0 Å². The molecule has 0 radical (unpaired) electrons. The minimum Gasteiger partial charge on any atom is -0.349 e. The van der Waals surface area contributed by atoms with Crippen molar-refractivity contribution >= 4 is 5.91 Å². The summed E-state index contributed by atoms with van der Waals surface area (Å²) < 4.78 is 13.7. The molecule has 1 N–H and O–H groups in total. The van der Waals surface area contributed by atoms with Crippen LogP contribution in [0.25, 0.3) is 0 Å². The van der Waals surface area contributed by atoms with Gasteiger partial charge in [0.2, 0.25) is 0 Å². The number of hydrogen-bond donors (Lipinski definition) is 1. The summed E-state index contributed by atoms with van der Waals surface area (Å²) in [5, 5.41) is 2.83. The minimum atomic E-state index is -0.477. The standard InChI is InChI=1S/C17H18FNO/c1-12-8-9-15(16(18)10-12)17(20)19-13(2)11-14-6-4-3-5-7-14/h3-10,13H,11H2,1-2H3,(H,19,20). The summed E-state index contributed by atoms with van der Waals surface area (Å²) in [6, 6.07) is 14.5. The van der Waals surface area contributed by atoms with Crippen molar-refractivity contribution < 1.29 is 9.18 Å². The molecule has 0 saturated carbocycles. The molecular weight excluding hydrogens is 253 g/mol. The van der Waals surface area contributed by atoms with Crippen molar-refractivity contribution in [3.05, 3.63) is 71.0 Å². The third-order valence-corrected chi connectivity index (χ3v) is 3.13. The van der Waals surface area contributed by atoms with Crippen LogP contribution in [0.5, 0.6) is 0 Å². The number of aryl methyl sites for hydroxylation is 1. The first-order chi connectivity index (χ1) is 9.56. The molecule has 2 aromatic carbocycles. The van der Waals surface area contributed by atoms with E-state index in [9.17, 15) is 9.18 Å². The molecule has 0 aliphatic carbocycles. The van der Waals surface area contributed by atoms with Crippen molar-refractivity contribution in [3.63, 3.8) is 0 Å². The van der Waals surface area contributed by atoms with E-state index in [2.05, 4.69) is 5.32 Å².